The average molecular weight is 244 g/mol. The molecule has 0 unspecified atom stereocenters. The number of carboxylic acid groups (broad SMARTS) is 1. The number of nitrogens with zero attached hydrogens (tertiary/aromatic N) is 2. The van der Waals surface area contributed by atoms with Gasteiger partial charge in [0.15, 0.2) is 0 Å². The van der Waals surface area contributed by atoms with E-state index in [1.807, 2.05) is 30.3 Å². The van der Waals surface area contributed by atoms with E-state index < -0.39 is 6.09 Å². The summed E-state index contributed by atoms with van der Waals surface area (Å²) in [4.78, 5) is 14.4. The van der Waals surface area contributed by atoms with Crippen LogP contribution in [-0.4, -0.2) is 53.7 Å². The number of benzene rings is 1. The Morgan fingerprint density at radius 3 is 2.44 bits per heavy atom. The lowest BCUT2D eigenvalue weighted by Gasteiger charge is -2.31. The molecule has 0 atom stereocenters. The zero-order valence-corrected chi connectivity index (χ0v) is 10.2. The molecule has 2 rings (SSSR count). The Labute approximate surface area is 107 Å². The van der Waals surface area contributed by atoms with Gasteiger partial charge in [-0.05, 0) is 12.1 Å². The number of amides is 1. The minimum absolute atomic E-state index is 0.572. The fourth-order valence-corrected chi connectivity index (χ4v) is 1.87. The molecule has 1 aliphatic rings. The molecule has 0 aliphatic carbocycles. The largest absolute Gasteiger partial charge is 0.465 e. The van der Waals surface area contributed by atoms with Gasteiger partial charge in [-0.1, -0.05) is 30.0 Å². The molecular weight excluding hydrogens is 228 g/mol. The maximum absolute atomic E-state index is 10.7. The van der Waals surface area contributed by atoms with E-state index in [0.29, 0.717) is 19.6 Å². The molecule has 1 amide bonds. The highest BCUT2D eigenvalue weighted by Crippen LogP contribution is 2.01. The van der Waals surface area contributed by atoms with E-state index in [1.165, 1.54) is 4.90 Å². The lowest BCUT2D eigenvalue weighted by Crippen LogP contribution is -2.48. The Morgan fingerprint density at radius 2 is 1.83 bits per heavy atom. The summed E-state index contributed by atoms with van der Waals surface area (Å²) in [5.41, 5.74) is 1.02. The number of carbonyl (C=O) groups is 1. The molecule has 94 valence electrons. The molecule has 0 spiro atoms. The topological polar surface area (TPSA) is 43.8 Å². The van der Waals surface area contributed by atoms with Crippen LogP contribution in [-0.2, 0) is 0 Å². The minimum Gasteiger partial charge on any atom is -0.465 e. The second-order valence-corrected chi connectivity index (χ2v) is 4.21. The van der Waals surface area contributed by atoms with Crippen LogP contribution in [0, 0.1) is 11.8 Å². The molecule has 0 bridgehead atoms. The van der Waals surface area contributed by atoms with Crippen LogP contribution in [0.4, 0.5) is 4.79 Å². The van der Waals surface area contributed by atoms with Crippen molar-refractivity contribution in [1.82, 2.24) is 9.80 Å². The van der Waals surface area contributed by atoms with E-state index in [-0.39, 0.29) is 0 Å². The Kier molecular flexibility index (Phi) is 4.21. The summed E-state index contributed by atoms with van der Waals surface area (Å²) in [7, 11) is 0. The Morgan fingerprint density at radius 1 is 1.17 bits per heavy atom. The van der Waals surface area contributed by atoms with Crippen molar-refractivity contribution in [3.05, 3.63) is 35.9 Å². The fourth-order valence-electron chi connectivity index (χ4n) is 1.87. The quantitative estimate of drug-likeness (QED) is 0.758. The number of hydrogen-bond acceptors (Lipinski definition) is 2. The SMILES string of the molecule is O=C(O)N1CCN(CC#Cc2ccccc2)CC1. The second kappa shape index (κ2) is 6.08. The molecule has 1 aromatic carbocycles. The van der Waals surface area contributed by atoms with Crippen LogP contribution in [0.1, 0.15) is 5.56 Å². The second-order valence-electron chi connectivity index (χ2n) is 4.21. The summed E-state index contributed by atoms with van der Waals surface area (Å²) in [5.74, 6) is 6.23. The first-order chi connectivity index (χ1) is 8.75. The monoisotopic (exact) mass is 244 g/mol. The van der Waals surface area contributed by atoms with Gasteiger partial charge in [-0.3, -0.25) is 4.90 Å². The van der Waals surface area contributed by atoms with Gasteiger partial charge in [0.2, 0.25) is 0 Å². The van der Waals surface area contributed by atoms with E-state index in [0.717, 1.165) is 18.7 Å². The van der Waals surface area contributed by atoms with E-state index in [9.17, 15) is 4.79 Å². The van der Waals surface area contributed by atoms with Crippen LogP contribution in [0.25, 0.3) is 0 Å². The summed E-state index contributed by atoms with van der Waals surface area (Å²) in [6.07, 6.45) is -0.829. The van der Waals surface area contributed by atoms with E-state index in [4.69, 9.17) is 5.11 Å². The van der Waals surface area contributed by atoms with Gasteiger partial charge in [-0.15, -0.1) is 0 Å². The van der Waals surface area contributed by atoms with Crippen molar-refractivity contribution in [2.75, 3.05) is 32.7 Å². The van der Waals surface area contributed by atoms with Crippen LogP contribution >= 0.6 is 0 Å². The van der Waals surface area contributed by atoms with E-state index in [2.05, 4.69) is 16.7 Å². The highest BCUT2D eigenvalue weighted by molar-refractivity contribution is 5.65. The molecule has 18 heavy (non-hydrogen) atoms. The molecule has 1 aliphatic heterocycles. The maximum atomic E-state index is 10.7. The minimum atomic E-state index is -0.829. The van der Waals surface area contributed by atoms with Gasteiger partial charge in [-0.25, -0.2) is 4.79 Å². The zero-order valence-electron chi connectivity index (χ0n) is 10.2. The predicted octanol–water partition coefficient (Wildman–Crippen LogP) is 1.33. The van der Waals surface area contributed by atoms with Gasteiger partial charge >= 0.3 is 6.09 Å². The van der Waals surface area contributed by atoms with Gasteiger partial charge in [0.1, 0.15) is 0 Å². The third-order valence-electron chi connectivity index (χ3n) is 2.95. The van der Waals surface area contributed by atoms with Crippen molar-refractivity contribution < 1.29 is 9.90 Å². The Balaban J connectivity index is 1.79. The highest BCUT2D eigenvalue weighted by atomic mass is 16.4. The summed E-state index contributed by atoms with van der Waals surface area (Å²) in [5, 5.41) is 8.83. The van der Waals surface area contributed by atoms with Crippen molar-refractivity contribution in [3.8, 4) is 11.8 Å². The standard InChI is InChI=1S/C14H16N2O2/c17-14(18)16-11-9-15(10-12-16)8-4-7-13-5-2-1-3-6-13/h1-3,5-6H,8-12H2,(H,17,18). The summed E-state index contributed by atoms with van der Waals surface area (Å²) < 4.78 is 0. The summed E-state index contributed by atoms with van der Waals surface area (Å²) in [6, 6.07) is 9.87. The first-order valence-corrected chi connectivity index (χ1v) is 6.00. The zero-order chi connectivity index (χ0) is 12.8. The molecule has 1 heterocycles. The number of piperazine rings is 1. The third-order valence-corrected chi connectivity index (χ3v) is 2.95. The van der Waals surface area contributed by atoms with Crippen molar-refractivity contribution >= 4 is 6.09 Å². The molecule has 1 saturated heterocycles. The number of rotatable bonds is 1. The normalized spacial score (nSPS) is 15.9. The maximum Gasteiger partial charge on any atom is 0.407 e. The molecule has 0 aromatic heterocycles. The van der Waals surface area contributed by atoms with Gasteiger partial charge < -0.3 is 10.0 Å². The lowest BCUT2D eigenvalue weighted by molar-refractivity contribution is 0.111. The molecule has 0 saturated carbocycles. The van der Waals surface area contributed by atoms with Crippen LogP contribution in [0.5, 0.6) is 0 Å². The summed E-state index contributed by atoms with van der Waals surface area (Å²) >= 11 is 0. The van der Waals surface area contributed by atoms with Crippen LogP contribution in [0.2, 0.25) is 0 Å². The van der Waals surface area contributed by atoms with Crippen molar-refractivity contribution in [2.45, 2.75) is 0 Å². The van der Waals surface area contributed by atoms with Crippen LogP contribution in [0.3, 0.4) is 0 Å². The van der Waals surface area contributed by atoms with Gasteiger partial charge in [0, 0.05) is 31.7 Å². The molecule has 4 heteroatoms. The molecule has 1 aromatic rings. The van der Waals surface area contributed by atoms with Gasteiger partial charge in [0.25, 0.3) is 0 Å². The number of hydrogen-bond donors (Lipinski definition) is 1. The van der Waals surface area contributed by atoms with E-state index >= 15 is 0 Å². The fraction of sp³-hybridized carbons (Fsp3) is 0.357. The van der Waals surface area contributed by atoms with Gasteiger partial charge in [0.05, 0.1) is 6.54 Å². The first kappa shape index (κ1) is 12.5. The Bertz CT molecular complexity index is 454. The molecule has 4 nitrogen and oxygen atoms in total. The third kappa shape index (κ3) is 3.51. The van der Waals surface area contributed by atoms with E-state index in [1.54, 1.807) is 0 Å². The molecule has 0 radical (unpaired) electrons. The highest BCUT2D eigenvalue weighted by Gasteiger charge is 2.19. The Hall–Kier alpha value is -1.99. The summed E-state index contributed by atoms with van der Waals surface area (Å²) in [6.45, 7) is 3.36. The molecule has 1 fully saturated rings. The molecular formula is C14H16N2O2. The van der Waals surface area contributed by atoms with Crippen molar-refractivity contribution in [2.24, 2.45) is 0 Å². The van der Waals surface area contributed by atoms with Crippen LogP contribution < -0.4 is 0 Å². The van der Waals surface area contributed by atoms with Crippen molar-refractivity contribution in [1.29, 1.82) is 0 Å². The predicted molar refractivity (Wildman–Crippen MR) is 69.4 cm³/mol. The van der Waals surface area contributed by atoms with Gasteiger partial charge in [-0.2, -0.15) is 0 Å². The first-order valence-electron chi connectivity index (χ1n) is 6.00. The molecule has 1 N–H and O–H groups in total. The average Bonchev–Trinajstić information content (AvgIpc) is 2.40. The van der Waals surface area contributed by atoms with Crippen molar-refractivity contribution in [3.63, 3.8) is 0 Å². The lowest BCUT2D eigenvalue weighted by atomic mass is 10.2. The van der Waals surface area contributed by atoms with Crippen LogP contribution in [0.15, 0.2) is 30.3 Å². The smallest absolute Gasteiger partial charge is 0.407 e.